The van der Waals surface area contributed by atoms with Crippen LogP contribution >= 0.6 is 0 Å². The molecule has 0 rings (SSSR count). The molecule has 86 valence electrons. The molecule has 0 fully saturated rings. The third-order valence-electron chi connectivity index (χ3n) is 1.77. The number of carbonyl (C=O) groups is 2. The third-order valence-corrected chi connectivity index (χ3v) is 1.77. The van der Waals surface area contributed by atoms with Gasteiger partial charge in [0.1, 0.15) is 0 Å². The van der Waals surface area contributed by atoms with Crippen molar-refractivity contribution < 1.29 is 19.8 Å². The average Bonchev–Trinajstić information content (AvgIpc) is 2.18. The lowest BCUT2D eigenvalue weighted by Gasteiger charge is -2.06. The standard InChI is InChI=1S/C8H14O2.C3H4O2/c1-4-6(2)5-7(3)8(9)10;1-2-3(4)5/h6H,3-5H2,1-2H3,(H,9,10);2H,1H2,(H,4,5). The summed E-state index contributed by atoms with van der Waals surface area (Å²) in [5, 5.41) is 16.0. The molecule has 0 heterocycles. The van der Waals surface area contributed by atoms with Crippen LogP contribution in [0.2, 0.25) is 0 Å². The first-order chi connectivity index (χ1) is 6.84. The minimum atomic E-state index is -0.981. The molecule has 0 aromatic heterocycles. The second kappa shape index (κ2) is 8.99. The summed E-state index contributed by atoms with van der Waals surface area (Å²) in [7, 11) is 0. The van der Waals surface area contributed by atoms with Crippen molar-refractivity contribution >= 4 is 11.9 Å². The molecule has 0 amide bonds. The zero-order valence-corrected chi connectivity index (χ0v) is 9.19. The first kappa shape index (κ1) is 15.9. The topological polar surface area (TPSA) is 74.6 Å². The summed E-state index contributed by atoms with van der Waals surface area (Å²) < 4.78 is 0. The fraction of sp³-hybridized carbons (Fsp3) is 0.455. The highest BCUT2D eigenvalue weighted by atomic mass is 16.4. The van der Waals surface area contributed by atoms with Crippen molar-refractivity contribution in [3.63, 3.8) is 0 Å². The van der Waals surface area contributed by atoms with E-state index in [9.17, 15) is 9.59 Å². The van der Waals surface area contributed by atoms with Gasteiger partial charge in [-0.25, -0.2) is 9.59 Å². The van der Waals surface area contributed by atoms with E-state index in [1.165, 1.54) is 0 Å². The summed E-state index contributed by atoms with van der Waals surface area (Å²) in [5.74, 6) is -1.42. The molecule has 2 N–H and O–H groups in total. The maximum absolute atomic E-state index is 10.3. The third kappa shape index (κ3) is 12.4. The van der Waals surface area contributed by atoms with Crippen LogP contribution in [0, 0.1) is 5.92 Å². The van der Waals surface area contributed by atoms with Gasteiger partial charge in [0.2, 0.25) is 0 Å². The molecule has 0 aromatic rings. The predicted molar refractivity (Wildman–Crippen MR) is 58.7 cm³/mol. The highest BCUT2D eigenvalue weighted by Crippen LogP contribution is 2.12. The second-order valence-electron chi connectivity index (χ2n) is 3.17. The van der Waals surface area contributed by atoms with Crippen molar-refractivity contribution in [3.05, 3.63) is 24.8 Å². The monoisotopic (exact) mass is 214 g/mol. The number of rotatable bonds is 5. The molecule has 0 saturated heterocycles. The summed E-state index contributed by atoms with van der Waals surface area (Å²) in [6.45, 7) is 10.5. The second-order valence-corrected chi connectivity index (χ2v) is 3.17. The fourth-order valence-corrected chi connectivity index (χ4v) is 0.652. The lowest BCUT2D eigenvalue weighted by atomic mass is 10.0. The van der Waals surface area contributed by atoms with Gasteiger partial charge in [0.05, 0.1) is 0 Å². The average molecular weight is 214 g/mol. The molecule has 0 aliphatic heterocycles. The van der Waals surface area contributed by atoms with Crippen LogP contribution in [0.25, 0.3) is 0 Å². The van der Waals surface area contributed by atoms with Gasteiger partial charge in [0.15, 0.2) is 0 Å². The van der Waals surface area contributed by atoms with E-state index in [-0.39, 0.29) is 0 Å². The van der Waals surface area contributed by atoms with Crippen LogP contribution in [0.3, 0.4) is 0 Å². The Balaban J connectivity index is 0. The van der Waals surface area contributed by atoms with Crippen LogP contribution in [0.1, 0.15) is 26.7 Å². The van der Waals surface area contributed by atoms with E-state index in [0.717, 1.165) is 12.5 Å². The van der Waals surface area contributed by atoms with Crippen LogP contribution in [0.4, 0.5) is 0 Å². The number of carboxylic acids is 2. The van der Waals surface area contributed by atoms with Crippen LogP contribution < -0.4 is 0 Å². The highest BCUT2D eigenvalue weighted by Gasteiger charge is 2.07. The molecule has 1 unspecified atom stereocenters. The maximum atomic E-state index is 10.3. The molecule has 4 heteroatoms. The largest absolute Gasteiger partial charge is 0.478 e. The molecule has 0 bridgehead atoms. The van der Waals surface area contributed by atoms with E-state index in [0.29, 0.717) is 17.9 Å². The van der Waals surface area contributed by atoms with E-state index in [2.05, 4.69) is 13.2 Å². The number of hydrogen-bond acceptors (Lipinski definition) is 2. The minimum absolute atomic E-state index is 0.314. The van der Waals surface area contributed by atoms with Crippen molar-refractivity contribution in [1.82, 2.24) is 0 Å². The quantitative estimate of drug-likeness (QED) is 0.689. The highest BCUT2D eigenvalue weighted by molar-refractivity contribution is 5.85. The Kier molecular flexibility index (Phi) is 9.52. The molecule has 0 radical (unpaired) electrons. The Bertz CT molecular complexity index is 243. The van der Waals surface area contributed by atoms with Gasteiger partial charge in [-0.15, -0.1) is 0 Å². The van der Waals surface area contributed by atoms with Gasteiger partial charge in [-0.1, -0.05) is 33.4 Å². The Labute approximate surface area is 89.9 Å². The van der Waals surface area contributed by atoms with Crippen LogP contribution in [-0.4, -0.2) is 22.2 Å². The van der Waals surface area contributed by atoms with Crippen molar-refractivity contribution in [2.45, 2.75) is 26.7 Å². The molecular formula is C11H18O4. The molecule has 1 atom stereocenters. The molecule has 0 saturated carbocycles. The van der Waals surface area contributed by atoms with Crippen LogP contribution in [0.5, 0.6) is 0 Å². The van der Waals surface area contributed by atoms with Gasteiger partial charge in [0, 0.05) is 11.6 Å². The van der Waals surface area contributed by atoms with E-state index in [1.54, 1.807) is 0 Å². The van der Waals surface area contributed by atoms with E-state index < -0.39 is 11.9 Å². The van der Waals surface area contributed by atoms with E-state index >= 15 is 0 Å². The van der Waals surface area contributed by atoms with Crippen LogP contribution in [-0.2, 0) is 9.59 Å². The van der Waals surface area contributed by atoms with Gasteiger partial charge in [-0.3, -0.25) is 0 Å². The van der Waals surface area contributed by atoms with Crippen molar-refractivity contribution in [2.75, 3.05) is 0 Å². The molecule has 15 heavy (non-hydrogen) atoms. The van der Waals surface area contributed by atoms with Gasteiger partial charge < -0.3 is 10.2 Å². The molecule has 0 aliphatic rings. The van der Waals surface area contributed by atoms with E-state index in [1.807, 2.05) is 13.8 Å². The lowest BCUT2D eigenvalue weighted by molar-refractivity contribution is -0.133. The normalized spacial score (nSPS) is 10.5. The summed E-state index contributed by atoms with van der Waals surface area (Å²) in [6.07, 6.45) is 2.44. The maximum Gasteiger partial charge on any atom is 0.330 e. The number of hydrogen-bond donors (Lipinski definition) is 2. The van der Waals surface area contributed by atoms with Crippen molar-refractivity contribution in [1.29, 1.82) is 0 Å². The lowest BCUT2D eigenvalue weighted by Crippen LogP contribution is -2.03. The first-order valence-electron chi connectivity index (χ1n) is 4.61. The molecule has 0 aromatic carbocycles. The van der Waals surface area contributed by atoms with Crippen LogP contribution in [0.15, 0.2) is 24.8 Å². The first-order valence-corrected chi connectivity index (χ1v) is 4.61. The summed E-state index contributed by atoms with van der Waals surface area (Å²) in [6, 6.07) is 0. The smallest absolute Gasteiger partial charge is 0.330 e. The number of carboxylic acid groups (broad SMARTS) is 2. The minimum Gasteiger partial charge on any atom is -0.478 e. The van der Waals surface area contributed by atoms with Crippen molar-refractivity contribution in [2.24, 2.45) is 5.92 Å². The Morgan fingerprint density at radius 1 is 1.40 bits per heavy atom. The van der Waals surface area contributed by atoms with Gasteiger partial charge >= 0.3 is 11.9 Å². The number of aliphatic carboxylic acids is 2. The summed E-state index contributed by atoms with van der Waals surface area (Å²) in [5.41, 5.74) is 0.314. The molecule has 4 nitrogen and oxygen atoms in total. The van der Waals surface area contributed by atoms with Crippen molar-refractivity contribution in [3.8, 4) is 0 Å². The van der Waals surface area contributed by atoms with Gasteiger partial charge in [-0.2, -0.15) is 0 Å². The van der Waals surface area contributed by atoms with Gasteiger partial charge in [-0.05, 0) is 12.3 Å². The Hall–Kier alpha value is -1.58. The predicted octanol–water partition coefficient (Wildman–Crippen LogP) is 2.32. The van der Waals surface area contributed by atoms with Gasteiger partial charge in [0.25, 0.3) is 0 Å². The summed E-state index contributed by atoms with van der Waals surface area (Å²) >= 11 is 0. The Morgan fingerprint density at radius 2 is 1.80 bits per heavy atom. The zero-order chi connectivity index (χ0) is 12.4. The molecule has 0 aliphatic carbocycles. The van der Waals surface area contributed by atoms with E-state index in [4.69, 9.17) is 10.2 Å². The molecule has 0 spiro atoms. The Morgan fingerprint density at radius 3 is 2.00 bits per heavy atom. The SMILES string of the molecule is C=C(CC(C)CC)C(=O)O.C=CC(=O)O. The summed E-state index contributed by atoms with van der Waals surface area (Å²) in [4.78, 5) is 19.5. The molecular weight excluding hydrogens is 196 g/mol. The fourth-order valence-electron chi connectivity index (χ4n) is 0.652. The zero-order valence-electron chi connectivity index (χ0n) is 9.19.